The van der Waals surface area contributed by atoms with Crippen LogP contribution in [0.25, 0.3) is 11.0 Å². The lowest BCUT2D eigenvalue weighted by atomic mass is 10.1. The summed E-state index contributed by atoms with van der Waals surface area (Å²) in [4.78, 5) is 26.7. The van der Waals surface area contributed by atoms with Crippen LogP contribution in [0.4, 0.5) is 13.2 Å². The molecule has 1 aromatic carbocycles. The van der Waals surface area contributed by atoms with E-state index in [1.807, 2.05) is 32.4 Å². The van der Waals surface area contributed by atoms with E-state index in [1.54, 1.807) is 24.5 Å². The molecule has 0 radical (unpaired) electrons. The van der Waals surface area contributed by atoms with Crippen LogP contribution in [0, 0.1) is 13.8 Å². The Bertz CT molecular complexity index is 1330. The van der Waals surface area contributed by atoms with Gasteiger partial charge in [-0.15, -0.1) is 11.3 Å². The molecule has 3 aromatic heterocycles. The summed E-state index contributed by atoms with van der Waals surface area (Å²) >= 11 is 1.59. The van der Waals surface area contributed by atoms with Crippen molar-refractivity contribution in [2.75, 3.05) is 0 Å². The Morgan fingerprint density at radius 1 is 1.02 bits per heavy atom. The fourth-order valence-electron chi connectivity index (χ4n) is 3.88. The van der Waals surface area contributed by atoms with Crippen molar-refractivity contribution in [2.45, 2.75) is 92.4 Å². The minimum atomic E-state index is -4.21. The lowest BCUT2D eigenvalue weighted by Crippen LogP contribution is -2.27. The van der Waals surface area contributed by atoms with Gasteiger partial charge in [-0.1, -0.05) is 58.2 Å². The SMILES string of the molecule is CCC.CCC[C@H](CC)n1cnc2cnc(C(=O)NC(C)c3cnc(C)s3)cc21.Cc1ccc(C(F)(F)F)cc1. The van der Waals surface area contributed by atoms with E-state index < -0.39 is 11.7 Å². The van der Waals surface area contributed by atoms with Crippen molar-refractivity contribution in [3.8, 4) is 0 Å². The highest BCUT2D eigenvalue weighted by molar-refractivity contribution is 7.11. The van der Waals surface area contributed by atoms with Crippen LogP contribution in [0.3, 0.4) is 0 Å². The number of aromatic nitrogens is 4. The average Bonchev–Trinajstić information content (AvgIpc) is 3.54. The van der Waals surface area contributed by atoms with Crippen LogP contribution in [0.15, 0.2) is 49.1 Å². The number of nitrogens with one attached hydrogen (secondary N) is 1. The number of fused-ring (bicyclic) bond motifs is 1. The molecule has 1 N–H and O–H groups in total. The Morgan fingerprint density at radius 3 is 2.20 bits per heavy atom. The van der Waals surface area contributed by atoms with Gasteiger partial charge in [-0.2, -0.15) is 13.2 Å². The van der Waals surface area contributed by atoms with E-state index in [1.165, 1.54) is 18.6 Å². The second-order valence-corrected chi connectivity index (χ2v) is 10.9. The molecule has 4 aromatic rings. The van der Waals surface area contributed by atoms with Crippen molar-refractivity contribution in [1.82, 2.24) is 24.8 Å². The van der Waals surface area contributed by atoms with Gasteiger partial charge in [0.2, 0.25) is 0 Å². The third-order valence-electron chi connectivity index (χ3n) is 5.97. The van der Waals surface area contributed by atoms with E-state index in [0.29, 0.717) is 11.7 Å². The number of hydrogen-bond acceptors (Lipinski definition) is 5. The first-order chi connectivity index (χ1) is 18.9. The summed E-state index contributed by atoms with van der Waals surface area (Å²) in [5.74, 6) is -0.179. The molecule has 1 amide bonds. The van der Waals surface area contributed by atoms with Crippen LogP contribution >= 0.6 is 11.3 Å². The fourth-order valence-corrected chi connectivity index (χ4v) is 4.67. The van der Waals surface area contributed by atoms with E-state index >= 15 is 0 Å². The minimum Gasteiger partial charge on any atom is -0.343 e. The van der Waals surface area contributed by atoms with Crippen LogP contribution < -0.4 is 5.32 Å². The molecule has 0 aliphatic heterocycles. The highest BCUT2D eigenvalue weighted by atomic mass is 32.1. The maximum absolute atomic E-state index is 12.7. The maximum atomic E-state index is 12.7. The smallest absolute Gasteiger partial charge is 0.343 e. The molecule has 0 saturated heterocycles. The molecule has 0 saturated carbocycles. The lowest BCUT2D eigenvalue weighted by molar-refractivity contribution is -0.137. The minimum absolute atomic E-state index is 0.0976. The second kappa shape index (κ2) is 15.5. The number of alkyl halides is 3. The third-order valence-corrected chi connectivity index (χ3v) is 7.07. The number of halogens is 3. The standard InChI is InChI=1S/C19H25N5OS.C8H7F3.C3H8/c1-5-7-14(6-2)24-11-22-16-9-21-15(8-17(16)24)19(25)23-12(3)18-10-20-13(4)26-18;1-6-2-4-7(5-3-6)8(9,10)11;1-3-2/h8-12,14H,5-7H2,1-4H3,(H,23,25);2-5H,1H3;3H2,1-2H3/t12?,14-;;/m0../s1. The van der Waals surface area contributed by atoms with E-state index in [9.17, 15) is 18.0 Å². The van der Waals surface area contributed by atoms with Crippen LogP contribution in [-0.4, -0.2) is 25.4 Å². The van der Waals surface area contributed by atoms with Crippen molar-refractivity contribution < 1.29 is 18.0 Å². The summed E-state index contributed by atoms with van der Waals surface area (Å²) < 4.78 is 37.9. The van der Waals surface area contributed by atoms with Crippen molar-refractivity contribution in [3.05, 3.63) is 75.8 Å². The molecule has 0 spiro atoms. The number of nitrogens with zero attached hydrogens (tertiary/aromatic N) is 4. The molecule has 3 heterocycles. The van der Waals surface area contributed by atoms with Gasteiger partial charge in [-0.25, -0.2) is 15.0 Å². The molecule has 6 nitrogen and oxygen atoms in total. The van der Waals surface area contributed by atoms with Gasteiger partial charge in [0.05, 0.1) is 34.7 Å². The van der Waals surface area contributed by atoms with Gasteiger partial charge < -0.3 is 9.88 Å². The van der Waals surface area contributed by atoms with E-state index in [-0.39, 0.29) is 11.9 Å². The molecule has 0 aliphatic carbocycles. The van der Waals surface area contributed by atoms with Gasteiger partial charge in [0.1, 0.15) is 11.2 Å². The molecule has 218 valence electrons. The first-order valence-electron chi connectivity index (χ1n) is 13.6. The summed E-state index contributed by atoms with van der Waals surface area (Å²) in [6, 6.07) is 7.19. The van der Waals surface area contributed by atoms with Gasteiger partial charge in [0.25, 0.3) is 5.91 Å². The molecule has 2 atom stereocenters. The zero-order valence-electron chi connectivity index (χ0n) is 24.3. The summed E-state index contributed by atoms with van der Waals surface area (Å²) in [5.41, 5.74) is 2.44. The van der Waals surface area contributed by atoms with Crippen molar-refractivity contribution >= 4 is 28.3 Å². The van der Waals surface area contributed by atoms with Crippen LogP contribution in [-0.2, 0) is 6.18 Å². The van der Waals surface area contributed by atoms with Crippen molar-refractivity contribution in [2.24, 2.45) is 0 Å². The highest BCUT2D eigenvalue weighted by Crippen LogP contribution is 2.29. The summed E-state index contributed by atoms with van der Waals surface area (Å²) in [6.45, 7) is 14.3. The van der Waals surface area contributed by atoms with Crippen LogP contribution in [0.1, 0.15) is 104 Å². The number of amides is 1. The number of imidazole rings is 1. The quantitative estimate of drug-likeness (QED) is 0.239. The first-order valence-corrected chi connectivity index (χ1v) is 14.5. The Balaban J connectivity index is 0.000000333. The van der Waals surface area contributed by atoms with E-state index in [0.717, 1.165) is 57.9 Å². The predicted octanol–water partition coefficient (Wildman–Crippen LogP) is 8.87. The maximum Gasteiger partial charge on any atom is 0.416 e. The summed E-state index contributed by atoms with van der Waals surface area (Å²) in [5, 5.41) is 4.00. The zero-order chi connectivity index (χ0) is 29.9. The van der Waals surface area contributed by atoms with E-state index in [4.69, 9.17) is 0 Å². The van der Waals surface area contributed by atoms with Gasteiger partial charge in [0, 0.05) is 17.1 Å². The van der Waals surface area contributed by atoms with Gasteiger partial charge in [-0.05, 0) is 51.8 Å². The van der Waals surface area contributed by atoms with Crippen molar-refractivity contribution in [3.63, 3.8) is 0 Å². The number of aryl methyl sites for hydroxylation is 2. The Morgan fingerprint density at radius 2 is 1.68 bits per heavy atom. The Hall–Kier alpha value is -3.27. The molecule has 10 heteroatoms. The summed E-state index contributed by atoms with van der Waals surface area (Å²) in [7, 11) is 0. The lowest BCUT2D eigenvalue weighted by Gasteiger charge is -2.17. The largest absolute Gasteiger partial charge is 0.416 e. The normalized spacial score (nSPS) is 12.6. The highest BCUT2D eigenvalue weighted by Gasteiger charge is 2.29. The zero-order valence-corrected chi connectivity index (χ0v) is 25.2. The number of carbonyl (C=O) groups is 1. The monoisotopic (exact) mass is 575 g/mol. The number of benzene rings is 1. The number of carbonyl (C=O) groups excluding carboxylic acids is 1. The second-order valence-electron chi connectivity index (χ2n) is 9.61. The van der Waals surface area contributed by atoms with Crippen molar-refractivity contribution in [1.29, 1.82) is 0 Å². The Labute approximate surface area is 239 Å². The van der Waals surface area contributed by atoms with E-state index in [2.05, 4.69) is 52.5 Å². The number of pyridine rings is 1. The third kappa shape index (κ3) is 9.43. The molecule has 1 unspecified atom stereocenters. The molecular formula is C30H40F3N5OS. The molecular weight excluding hydrogens is 535 g/mol. The molecule has 4 rings (SSSR count). The number of thiazole rings is 1. The first kappa shape index (κ1) is 32.9. The fraction of sp³-hybridized carbons (Fsp3) is 0.467. The van der Waals surface area contributed by atoms with Gasteiger partial charge >= 0.3 is 6.18 Å². The molecule has 0 bridgehead atoms. The topological polar surface area (TPSA) is 72.7 Å². The molecule has 40 heavy (non-hydrogen) atoms. The Kier molecular flexibility index (Phi) is 12.8. The average molecular weight is 576 g/mol. The van der Waals surface area contributed by atoms with Gasteiger partial charge in [-0.3, -0.25) is 4.79 Å². The van der Waals surface area contributed by atoms with Crippen LogP contribution in [0.2, 0.25) is 0 Å². The van der Waals surface area contributed by atoms with Gasteiger partial charge in [0.15, 0.2) is 0 Å². The predicted molar refractivity (Wildman–Crippen MR) is 157 cm³/mol. The number of rotatable bonds is 7. The summed E-state index contributed by atoms with van der Waals surface area (Å²) in [6.07, 6.45) is 5.63. The van der Waals surface area contributed by atoms with Crippen LogP contribution in [0.5, 0.6) is 0 Å². The molecule has 0 fully saturated rings. The molecule has 0 aliphatic rings. The number of hydrogen-bond donors (Lipinski definition) is 1.